The Morgan fingerprint density at radius 1 is 1.13 bits per heavy atom. The van der Waals surface area contributed by atoms with E-state index in [2.05, 4.69) is 0 Å². The van der Waals surface area contributed by atoms with Crippen LogP contribution in [0, 0.1) is 6.92 Å². The van der Waals surface area contributed by atoms with Crippen molar-refractivity contribution >= 4 is 11.9 Å². The summed E-state index contributed by atoms with van der Waals surface area (Å²) in [5.74, 6) is -0.163. The molecule has 1 amide bonds. The summed E-state index contributed by atoms with van der Waals surface area (Å²) < 4.78 is 6.91. The number of aryl methyl sites for hydroxylation is 2. The maximum Gasteiger partial charge on any atom is 0.307 e. The Kier molecular flexibility index (Phi) is 11.3. The second-order valence-electron chi connectivity index (χ2n) is 5.30. The zero-order valence-corrected chi connectivity index (χ0v) is 15.8. The van der Waals surface area contributed by atoms with Crippen molar-refractivity contribution in [3.8, 4) is 0 Å². The minimum Gasteiger partial charge on any atom is -1.00 e. The lowest BCUT2D eigenvalue weighted by atomic mass is 10.2. The van der Waals surface area contributed by atoms with Crippen LogP contribution in [0.1, 0.15) is 38.7 Å². The molecule has 1 aromatic rings. The molecular formula is C17H27BrN2O3. The number of pyridine rings is 1. The number of aromatic nitrogens is 1. The smallest absolute Gasteiger partial charge is 0.307 e. The number of rotatable bonds is 9. The lowest BCUT2D eigenvalue weighted by molar-refractivity contribution is -0.696. The SMILES string of the molecule is CCCN(CCC(=O)OCC)C(=O)CC[n+]1ccc(C)cc1.[Br-]. The van der Waals surface area contributed by atoms with Crippen molar-refractivity contribution in [3.63, 3.8) is 0 Å². The molecule has 0 unspecified atom stereocenters. The fraction of sp³-hybridized carbons (Fsp3) is 0.588. The third kappa shape index (κ3) is 8.69. The maximum atomic E-state index is 12.3. The minimum absolute atomic E-state index is 0. The molecule has 0 fully saturated rings. The van der Waals surface area contributed by atoms with Crippen LogP contribution in [0.3, 0.4) is 0 Å². The van der Waals surface area contributed by atoms with Gasteiger partial charge in [0.15, 0.2) is 18.9 Å². The summed E-state index contributed by atoms with van der Waals surface area (Å²) in [7, 11) is 0. The van der Waals surface area contributed by atoms with Gasteiger partial charge in [-0.2, -0.15) is 0 Å². The highest BCUT2D eigenvalue weighted by molar-refractivity contribution is 5.77. The number of amides is 1. The average Bonchev–Trinajstić information content (AvgIpc) is 2.51. The van der Waals surface area contributed by atoms with Crippen molar-refractivity contribution in [2.24, 2.45) is 0 Å². The van der Waals surface area contributed by atoms with Gasteiger partial charge in [0, 0.05) is 25.2 Å². The van der Waals surface area contributed by atoms with E-state index in [1.165, 1.54) is 5.56 Å². The van der Waals surface area contributed by atoms with Gasteiger partial charge < -0.3 is 26.6 Å². The van der Waals surface area contributed by atoms with Crippen LogP contribution in [0.25, 0.3) is 0 Å². The van der Waals surface area contributed by atoms with E-state index in [0.29, 0.717) is 32.7 Å². The highest BCUT2D eigenvalue weighted by Crippen LogP contribution is 2.01. The van der Waals surface area contributed by atoms with Crippen molar-refractivity contribution in [3.05, 3.63) is 30.1 Å². The molecule has 1 aromatic heterocycles. The van der Waals surface area contributed by atoms with Gasteiger partial charge in [-0.1, -0.05) is 6.92 Å². The van der Waals surface area contributed by atoms with Crippen molar-refractivity contribution < 1.29 is 35.9 Å². The van der Waals surface area contributed by atoms with E-state index in [1.807, 2.05) is 42.9 Å². The standard InChI is InChI=1S/C17H27N2O3.BrH/c1-4-10-19(14-9-17(21)22-5-2)16(20)8-13-18-11-6-15(3)7-12-18;/h6-7,11-12H,4-5,8-10,13-14H2,1-3H3;1H/q+1;/p-1. The molecule has 0 aromatic carbocycles. The number of carbonyl (C=O) groups excluding carboxylic acids is 2. The first-order chi connectivity index (χ1) is 10.6. The average molecular weight is 387 g/mol. The van der Waals surface area contributed by atoms with Gasteiger partial charge >= 0.3 is 5.97 Å². The maximum absolute atomic E-state index is 12.3. The van der Waals surface area contributed by atoms with E-state index >= 15 is 0 Å². The van der Waals surface area contributed by atoms with E-state index in [4.69, 9.17) is 4.74 Å². The Bertz CT molecular complexity index is 477. The Balaban J connectivity index is 0.00000484. The monoisotopic (exact) mass is 386 g/mol. The van der Waals surface area contributed by atoms with Crippen LogP contribution in [0.2, 0.25) is 0 Å². The first kappa shape index (κ1) is 21.6. The van der Waals surface area contributed by atoms with Gasteiger partial charge in [-0.3, -0.25) is 9.59 Å². The Morgan fingerprint density at radius 2 is 1.78 bits per heavy atom. The first-order valence-corrected chi connectivity index (χ1v) is 7.96. The number of nitrogens with zero attached hydrogens (tertiary/aromatic N) is 2. The van der Waals surface area contributed by atoms with E-state index < -0.39 is 0 Å². The molecule has 0 aliphatic carbocycles. The van der Waals surface area contributed by atoms with Gasteiger partial charge in [0.2, 0.25) is 5.91 Å². The minimum atomic E-state index is -0.246. The van der Waals surface area contributed by atoms with Gasteiger partial charge in [-0.25, -0.2) is 4.57 Å². The van der Waals surface area contributed by atoms with Crippen molar-refractivity contribution in [1.29, 1.82) is 0 Å². The van der Waals surface area contributed by atoms with Crippen LogP contribution >= 0.6 is 0 Å². The third-order valence-electron chi connectivity index (χ3n) is 3.38. The molecule has 0 N–H and O–H groups in total. The Labute approximate surface area is 149 Å². The number of esters is 1. The summed E-state index contributed by atoms with van der Waals surface area (Å²) in [5, 5.41) is 0. The molecule has 0 spiro atoms. The molecule has 0 aliphatic heterocycles. The van der Waals surface area contributed by atoms with Crippen LogP contribution < -0.4 is 21.5 Å². The van der Waals surface area contributed by atoms with E-state index in [-0.39, 0.29) is 35.3 Å². The molecule has 130 valence electrons. The fourth-order valence-electron chi connectivity index (χ4n) is 2.15. The predicted octanol–water partition coefficient (Wildman–Crippen LogP) is -1.13. The summed E-state index contributed by atoms with van der Waals surface area (Å²) in [5.41, 5.74) is 1.20. The summed E-state index contributed by atoms with van der Waals surface area (Å²) in [4.78, 5) is 25.5. The second kappa shape index (κ2) is 12.0. The van der Waals surface area contributed by atoms with Crippen LogP contribution in [0.4, 0.5) is 0 Å². The van der Waals surface area contributed by atoms with Gasteiger partial charge in [-0.15, -0.1) is 0 Å². The predicted molar refractivity (Wildman–Crippen MR) is 84.1 cm³/mol. The highest BCUT2D eigenvalue weighted by Gasteiger charge is 2.16. The van der Waals surface area contributed by atoms with Crippen molar-refractivity contribution in [1.82, 2.24) is 4.90 Å². The molecule has 1 heterocycles. The zero-order valence-electron chi connectivity index (χ0n) is 14.3. The van der Waals surface area contributed by atoms with Gasteiger partial charge in [-0.05, 0) is 25.8 Å². The van der Waals surface area contributed by atoms with Gasteiger partial charge in [0.25, 0.3) is 0 Å². The summed E-state index contributed by atoms with van der Waals surface area (Å²) >= 11 is 0. The molecule has 23 heavy (non-hydrogen) atoms. The van der Waals surface area contributed by atoms with E-state index in [0.717, 1.165) is 6.42 Å². The first-order valence-electron chi connectivity index (χ1n) is 7.96. The highest BCUT2D eigenvalue weighted by atomic mass is 79.9. The Hall–Kier alpha value is -1.43. The normalized spacial score (nSPS) is 9.87. The number of ether oxygens (including phenoxy) is 1. The number of halogens is 1. The molecule has 5 nitrogen and oxygen atoms in total. The van der Waals surface area contributed by atoms with Crippen LogP contribution in [-0.2, 0) is 20.9 Å². The number of hydrogen-bond donors (Lipinski definition) is 0. The van der Waals surface area contributed by atoms with E-state index in [9.17, 15) is 9.59 Å². The van der Waals surface area contributed by atoms with Gasteiger partial charge in [0.1, 0.15) is 0 Å². The summed E-state index contributed by atoms with van der Waals surface area (Å²) in [6.45, 7) is 7.99. The Morgan fingerprint density at radius 3 is 2.35 bits per heavy atom. The molecule has 0 atom stereocenters. The quantitative estimate of drug-likeness (QED) is 0.398. The topological polar surface area (TPSA) is 50.5 Å². The molecule has 0 aliphatic rings. The van der Waals surface area contributed by atoms with Gasteiger partial charge in [0.05, 0.1) is 19.4 Å². The molecular weight excluding hydrogens is 360 g/mol. The van der Waals surface area contributed by atoms with Crippen LogP contribution in [-0.4, -0.2) is 36.5 Å². The fourth-order valence-corrected chi connectivity index (χ4v) is 2.15. The summed E-state index contributed by atoms with van der Waals surface area (Å²) in [6, 6.07) is 4.05. The lowest BCUT2D eigenvalue weighted by Crippen LogP contribution is -3.00. The van der Waals surface area contributed by atoms with Crippen LogP contribution in [0.15, 0.2) is 24.5 Å². The third-order valence-corrected chi connectivity index (χ3v) is 3.38. The van der Waals surface area contributed by atoms with Crippen molar-refractivity contribution in [2.45, 2.75) is 46.6 Å². The largest absolute Gasteiger partial charge is 1.00 e. The molecule has 0 saturated heterocycles. The number of hydrogen-bond acceptors (Lipinski definition) is 3. The molecule has 6 heteroatoms. The second-order valence-corrected chi connectivity index (χ2v) is 5.30. The van der Waals surface area contributed by atoms with Crippen LogP contribution in [0.5, 0.6) is 0 Å². The van der Waals surface area contributed by atoms with E-state index in [1.54, 1.807) is 11.8 Å². The summed E-state index contributed by atoms with van der Waals surface area (Å²) in [6.07, 6.45) is 5.54. The molecule has 1 rings (SSSR count). The molecule has 0 bridgehead atoms. The lowest BCUT2D eigenvalue weighted by Gasteiger charge is -2.21. The molecule has 0 radical (unpaired) electrons. The zero-order chi connectivity index (χ0) is 16.4. The number of carbonyl (C=O) groups is 2. The van der Waals surface area contributed by atoms with Crippen molar-refractivity contribution in [2.75, 3.05) is 19.7 Å². The molecule has 0 saturated carbocycles.